The topological polar surface area (TPSA) is 284 Å². The molecule has 6 saturated heterocycles. The summed E-state index contributed by atoms with van der Waals surface area (Å²) in [6.45, 7) is 26.4. The second-order valence-electron chi connectivity index (χ2n) is 28.8. The first-order valence-corrected chi connectivity index (χ1v) is 36.8. The summed E-state index contributed by atoms with van der Waals surface area (Å²) in [5.41, 5.74) is 28.4. The van der Waals surface area contributed by atoms with E-state index in [9.17, 15) is 28.8 Å². The minimum Gasteiger partial charge on any atom is -0.383 e. The van der Waals surface area contributed by atoms with E-state index in [-0.39, 0.29) is 18.1 Å². The first kappa shape index (κ1) is 75.3. The highest BCUT2D eigenvalue weighted by molar-refractivity contribution is 6.40. The number of aromatic nitrogens is 3. The zero-order valence-electron chi connectivity index (χ0n) is 61.4. The Kier molecular flexibility index (Phi) is 25.8. The first-order chi connectivity index (χ1) is 49.1. The number of carbonyl (C=O) groups excluding carboxylic acids is 6. The van der Waals surface area contributed by atoms with E-state index >= 15 is 0 Å². The van der Waals surface area contributed by atoms with Crippen molar-refractivity contribution in [2.45, 2.75) is 117 Å². The third-order valence-electron chi connectivity index (χ3n) is 21.2. The maximum absolute atomic E-state index is 13.3. The number of hydrogen-bond donors (Lipinski definition) is 6. The number of likely N-dealkylation sites (N-methyl/N-ethyl adjacent to an activating group) is 3. The molecule has 6 atom stereocenters. The third-order valence-corrected chi connectivity index (χ3v) is 21.2. The fourth-order valence-corrected chi connectivity index (χ4v) is 14.6. The normalized spacial score (nSPS) is 21.4. The Balaban J connectivity index is 0.000000165. The molecule has 24 heteroatoms. The van der Waals surface area contributed by atoms with Crippen LogP contribution in [0, 0.1) is 17.8 Å². The Bertz CT molecular complexity index is 3440. The lowest BCUT2D eigenvalue weighted by molar-refractivity contribution is -0.146. The maximum Gasteiger partial charge on any atom is 0.313 e. The number of carbonyl (C=O) groups is 6. The van der Waals surface area contributed by atoms with Gasteiger partial charge in [0.05, 0.1) is 53.8 Å². The molecule has 9 heterocycles. The number of aryl methyl sites for hydroxylation is 3. The van der Waals surface area contributed by atoms with Crippen LogP contribution in [0.15, 0.2) is 110 Å². The SMILES string of the molecule is CCc1cc(NC(=O)C(=O)N2C[C@@H](C)CC[C@@H]2c2ccc(N3CCN(C)CC3)cc2)cnc1N.CCc1cc(NC(=O)C(=O)N2C[C@H](C)CC[C@H]2c2ccc(N3CCN(C)CC3)cc2)cnc1N.CCc1cc(NC(=O)C(=O)N2C[C@H](C)CC[C@H]2c2ccc(N3CCN(C)CC3)cc2)cnc1N. The van der Waals surface area contributed by atoms with Gasteiger partial charge in [-0.1, -0.05) is 77.9 Å². The van der Waals surface area contributed by atoms with E-state index in [2.05, 4.69) is 175 Å². The van der Waals surface area contributed by atoms with Gasteiger partial charge in [0.1, 0.15) is 17.5 Å². The smallest absolute Gasteiger partial charge is 0.313 e. The van der Waals surface area contributed by atoms with Gasteiger partial charge in [0, 0.05) is 115 Å². The van der Waals surface area contributed by atoms with Crippen molar-refractivity contribution in [1.82, 2.24) is 44.4 Å². The van der Waals surface area contributed by atoms with E-state index in [0.29, 0.717) is 91.2 Å². The van der Waals surface area contributed by atoms with Gasteiger partial charge >= 0.3 is 35.4 Å². The van der Waals surface area contributed by atoms with Gasteiger partial charge in [0.2, 0.25) is 0 Å². The maximum atomic E-state index is 13.3. The van der Waals surface area contributed by atoms with Crippen molar-refractivity contribution in [2.24, 2.45) is 17.8 Å². The first-order valence-electron chi connectivity index (χ1n) is 36.8. The Morgan fingerprint density at radius 2 is 0.608 bits per heavy atom. The van der Waals surface area contributed by atoms with Crippen LogP contribution in [0.25, 0.3) is 0 Å². The van der Waals surface area contributed by atoms with Crippen molar-refractivity contribution in [3.8, 4) is 0 Å². The number of nitrogen functional groups attached to an aromatic ring is 3. The highest BCUT2D eigenvalue weighted by Crippen LogP contribution is 2.38. The van der Waals surface area contributed by atoms with Gasteiger partial charge in [0.15, 0.2) is 0 Å². The van der Waals surface area contributed by atoms with E-state index in [4.69, 9.17) is 17.2 Å². The molecule has 6 fully saturated rings. The number of nitrogens with two attached hydrogens (primary N) is 3. The number of piperidine rings is 3. The fraction of sp³-hybridized carbons (Fsp3) is 0.500. The van der Waals surface area contributed by atoms with Crippen molar-refractivity contribution in [1.29, 1.82) is 0 Å². The molecule has 0 unspecified atom stereocenters. The summed E-state index contributed by atoms with van der Waals surface area (Å²) in [5.74, 6) is -1.05. The Morgan fingerprint density at radius 3 is 0.833 bits per heavy atom. The number of anilines is 9. The fourth-order valence-electron chi connectivity index (χ4n) is 14.6. The molecule has 6 aliphatic rings. The lowest BCUT2D eigenvalue weighted by Gasteiger charge is -2.39. The van der Waals surface area contributed by atoms with Crippen LogP contribution in [0.3, 0.4) is 0 Å². The standard InChI is InChI=1S/3C26H36N6O2/c3*1-4-19-15-21(16-28-24(19)27)29-25(33)26(34)32-17-18(2)5-10-23(32)20-6-8-22(9-7-20)31-13-11-30(3)12-14-31/h3*6-9,15-16,18,23H,4-5,10-14,17H2,1-3H3,(H2,27,28)(H,29,33)/t3*18-,23+/m110/s1. The van der Waals surface area contributed by atoms with Crippen LogP contribution < -0.4 is 47.9 Å². The number of benzene rings is 3. The Labute approximate surface area is 602 Å². The number of piperazine rings is 3. The summed E-state index contributed by atoms with van der Waals surface area (Å²) in [6.07, 6.45) is 12.2. The molecule has 24 nitrogen and oxygen atoms in total. The Morgan fingerprint density at radius 1 is 0.373 bits per heavy atom. The van der Waals surface area contributed by atoms with Crippen molar-refractivity contribution in [2.75, 3.05) is 167 Å². The molecule has 0 bridgehead atoms. The summed E-state index contributed by atoms with van der Waals surface area (Å²) in [5, 5.41) is 8.17. The van der Waals surface area contributed by atoms with Crippen LogP contribution in [0.4, 0.5) is 51.6 Å². The molecule has 3 aromatic heterocycles. The van der Waals surface area contributed by atoms with Gasteiger partial charge in [-0.25, -0.2) is 15.0 Å². The number of nitrogens with one attached hydrogen (secondary N) is 3. The van der Waals surface area contributed by atoms with Crippen LogP contribution in [0.5, 0.6) is 0 Å². The molecule has 6 aromatic rings. The van der Waals surface area contributed by atoms with Crippen molar-refractivity contribution >= 4 is 87.0 Å². The van der Waals surface area contributed by atoms with Gasteiger partial charge in [-0.3, -0.25) is 28.8 Å². The van der Waals surface area contributed by atoms with Crippen LogP contribution in [0.1, 0.15) is 132 Å². The molecular weight excluding hydrogens is 1280 g/mol. The number of pyridine rings is 3. The van der Waals surface area contributed by atoms with Gasteiger partial charge < -0.3 is 77.3 Å². The average molecular weight is 1390 g/mol. The van der Waals surface area contributed by atoms with E-state index < -0.39 is 35.4 Å². The lowest BCUT2D eigenvalue weighted by Crippen LogP contribution is -2.46. The number of nitrogens with zero attached hydrogens (tertiary/aromatic N) is 12. The zero-order chi connectivity index (χ0) is 72.7. The summed E-state index contributed by atoms with van der Waals surface area (Å²) in [7, 11) is 6.45. The predicted octanol–water partition coefficient (Wildman–Crippen LogP) is 8.75. The van der Waals surface area contributed by atoms with Gasteiger partial charge in [-0.15, -0.1) is 0 Å². The molecular formula is C78H108N18O6. The van der Waals surface area contributed by atoms with Gasteiger partial charge in [-0.05, 0) is 185 Å². The van der Waals surface area contributed by atoms with Crippen molar-refractivity contribution in [3.63, 3.8) is 0 Å². The highest BCUT2D eigenvalue weighted by Gasteiger charge is 2.38. The molecule has 0 spiro atoms. The Hall–Kier alpha value is -9.39. The van der Waals surface area contributed by atoms with Crippen LogP contribution >= 0.6 is 0 Å². The zero-order valence-corrected chi connectivity index (χ0v) is 61.4. The lowest BCUT2D eigenvalue weighted by atomic mass is 9.89. The average Bonchev–Trinajstić information content (AvgIpc) is 0.809. The van der Waals surface area contributed by atoms with Gasteiger partial charge in [0.25, 0.3) is 0 Å². The third kappa shape index (κ3) is 19.2. The van der Waals surface area contributed by atoms with E-state index in [1.54, 1.807) is 32.9 Å². The molecule has 0 radical (unpaired) electrons. The minimum absolute atomic E-state index is 0.105. The number of amides is 6. The molecule has 6 aliphatic heterocycles. The molecule has 0 aliphatic carbocycles. The molecule has 0 saturated carbocycles. The summed E-state index contributed by atoms with van der Waals surface area (Å²) < 4.78 is 0. The van der Waals surface area contributed by atoms with Crippen molar-refractivity contribution < 1.29 is 28.8 Å². The number of rotatable bonds is 12. The molecule has 9 N–H and O–H groups in total. The summed E-state index contributed by atoms with van der Waals surface area (Å²) in [4.78, 5) is 110. The van der Waals surface area contributed by atoms with Crippen LogP contribution in [0.2, 0.25) is 0 Å². The molecule has 546 valence electrons. The molecule has 3 aromatic carbocycles. The predicted molar refractivity (Wildman–Crippen MR) is 407 cm³/mol. The van der Waals surface area contributed by atoms with E-state index in [0.717, 1.165) is 150 Å². The highest BCUT2D eigenvalue weighted by atomic mass is 16.2. The van der Waals surface area contributed by atoms with E-state index in [1.807, 2.05) is 20.8 Å². The van der Waals surface area contributed by atoms with E-state index in [1.165, 1.54) is 35.7 Å². The van der Waals surface area contributed by atoms with Crippen LogP contribution in [-0.4, -0.2) is 199 Å². The number of likely N-dealkylation sites (tertiary alicyclic amines) is 3. The second-order valence-corrected chi connectivity index (χ2v) is 28.8. The van der Waals surface area contributed by atoms with Crippen LogP contribution in [-0.2, 0) is 48.0 Å². The summed E-state index contributed by atoms with van der Waals surface area (Å²) >= 11 is 0. The molecule has 102 heavy (non-hydrogen) atoms. The number of hydrogen-bond acceptors (Lipinski definition) is 18. The van der Waals surface area contributed by atoms with Gasteiger partial charge in [-0.2, -0.15) is 0 Å². The quantitative estimate of drug-likeness (QED) is 0.0624. The largest absolute Gasteiger partial charge is 0.383 e. The molecule has 12 rings (SSSR count). The summed E-state index contributed by atoms with van der Waals surface area (Å²) in [6, 6.07) is 30.6. The van der Waals surface area contributed by atoms with Crippen molar-refractivity contribution in [3.05, 3.63) is 143 Å². The second kappa shape index (κ2) is 35.0. The monoisotopic (exact) mass is 1390 g/mol. The minimum atomic E-state index is -0.637. The molecule has 6 amide bonds.